The predicted octanol–water partition coefficient (Wildman–Crippen LogP) is 3.79. The van der Waals surface area contributed by atoms with Crippen LogP contribution >= 0.6 is 24.0 Å². The summed E-state index contributed by atoms with van der Waals surface area (Å²) in [6.07, 6.45) is 3.85. The average molecular weight is 517 g/mol. The molecule has 0 saturated heterocycles. The van der Waals surface area contributed by atoms with E-state index in [-0.39, 0.29) is 35.9 Å². The SMILES string of the molecule is CCOC(CCNC(=NC)NCCc1ccn(-c2ccc(F)cc2)n1)C(C)C.I. The zero-order valence-electron chi connectivity index (χ0n) is 17.7. The minimum absolute atomic E-state index is 0. The molecule has 0 aliphatic heterocycles. The van der Waals surface area contributed by atoms with E-state index in [4.69, 9.17) is 4.74 Å². The number of guanidine groups is 1. The summed E-state index contributed by atoms with van der Waals surface area (Å²) in [4.78, 5) is 4.26. The van der Waals surface area contributed by atoms with Crippen molar-refractivity contribution in [3.63, 3.8) is 0 Å². The minimum atomic E-state index is -0.250. The van der Waals surface area contributed by atoms with E-state index in [1.54, 1.807) is 23.9 Å². The maximum Gasteiger partial charge on any atom is 0.190 e. The lowest BCUT2D eigenvalue weighted by molar-refractivity contribution is 0.0258. The molecule has 1 aromatic heterocycles. The molecule has 1 unspecified atom stereocenters. The van der Waals surface area contributed by atoms with Gasteiger partial charge in [-0.15, -0.1) is 24.0 Å². The summed E-state index contributed by atoms with van der Waals surface area (Å²) in [6.45, 7) is 8.65. The van der Waals surface area contributed by atoms with E-state index in [1.165, 1.54) is 12.1 Å². The number of aromatic nitrogens is 2. The van der Waals surface area contributed by atoms with Gasteiger partial charge in [0.05, 0.1) is 17.5 Å². The summed E-state index contributed by atoms with van der Waals surface area (Å²) in [5.74, 6) is 1.02. The van der Waals surface area contributed by atoms with Gasteiger partial charge in [0.25, 0.3) is 0 Å². The topological polar surface area (TPSA) is 63.5 Å². The molecule has 29 heavy (non-hydrogen) atoms. The van der Waals surface area contributed by atoms with E-state index in [1.807, 2.05) is 19.2 Å². The lowest BCUT2D eigenvalue weighted by atomic mass is 10.0. The zero-order chi connectivity index (χ0) is 20.4. The van der Waals surface area contributed by atoms with Crippen LogP contribution in [0.4, 0.5) is 4.39 Å². The molecular formula is C21H33FIN5O. The molecule has 0 aliphatic carbocycles. The minimum Gasteiger partial charge on any atom is -0.378 e. The first-order valence-corrected chi connectivity index (χ1v) is 9.90. The standard InChI is InChI=1S/C21H32FN5O.HI/c1-5-28-20(16(2)3)11-14-25-21(23-4)24-13-10-18-12-15-27(26-18)19-8-6-17(22)7-9-19;/h6-9,12,15-16,20H,5,10-11,13-14H2,1-4H3,(H2,23,24,25);1H. The third-order valence-corrected chi connectivity index (χ3v) is 4.48. The molecule has 2 aromatic rings. The highest BCUT2D eigenvalue weighted by Crippen LogP contribution is 2.10. The van der Waals surface area contributed by atoms with Gasteiger partial charge in [-0.3, -0.25) is 4.99 Å². The number of hydrogen-bond acceptors (Lipinski definition) is 3. The van der Waals surface area contributed by atoms with Gasteiger partial charge in [-0.2, -0.15) is 5.10 Å². The molecule has 8 heteroatoms. The van der Waals surface area contributed by atoms with Crippen molar-refractivity contribution in [2.24, 2.45) is 10.9 Å². The van der Waals surface area contributed by atoms with Gasteiger partial charge < -0.3 is 15.4 Å². The van der Waals surface area contributed by atoms with Crippen molar-refractivity contribution in [3.8, 4) is 5.69 Å². The van der Waals surface area contributed by atoms with Crippen molar-refractivity contribution >= 4 is 29.9 Å². The van der Waals surface area contributed by atoms with Crippen LogP contribution in [-0.2, 0) is 11.2 Å². The molecule has 2 rings (SSSR count). The van der Waals surface area contributed by atoms with Gasteiger partial charge in [0.15, 0.2) is 5.96 Å². The van der Waals surface area contributed by atoms with Crippen molar-refractivity contribution in [1.29, 1.82) is 0 Å². The fourth-order valence-electron chi connectivity index (χ4n) is 2.92. The van der Waals surface area contributed by atoms with Crippen molar-refractivity contribution in [2.75, 3.05) is 26.7 Å². The Morgan fingerprint density at radius 1 is 1.17 bits per heavy atom. The van der Waals surface area contributed by atoms with E-state index in [0.717, 1.165) is 49.9 Å². The molecule has 0 saturated carbocycles. The van der Waals surface area contributed by atoms with Crippen molar-refractivity contribution in [3.05, 3.63) is 48.0 Å². The summed E-state index contributed by atoms with van der Waals surface area (Å²) in [7, 11) is 1.76. The molecule has 0 bridgehead atoms. The molecule has 1 aromatic carbocycles. The fraction of sp³-hybridized carbons (Fsp3) is 0.524. The highest BCUT2D eigenvalue weighted by Gasteiger charge is 2.13. The van der Waals surface area contributed by atoms with E-state index in [0.29, 0.717) is 5.92 Å². The van der Waals surface area contributed by atoms with Gasteiger partial charge in [-0.1, -0.05) is 13.8 Å². The number of halogens is 2. The number of hydrogen-bond donors (Lipinski definition) is 2. The lowest BCUT2D eigenvalue weighted by Crippen LogP contribution is -2.40. The summed E-state index contributed by atoms with van der Waals surface area (Å²) in [5, 5.41) is 11.2. The van der Waals surface area contributed by atoms with Gasteiger partial charge in [0.2, 0.25) is 0 Å². The number of benzene rings is 1. The van der Waals surface area contributed by atoms with E-state index < -0.39 is 0 Å². The molecule has 162 valence electrons. The van der Waals surface area contributed by atoms with E-state index >= 15 is 0 Å². The van der Waals surface area contributed by atoms with Gasteiger partial charge in [0, 0.05) is 39.4 Å². The number of ether oxygens (including phenoxy) is 1. The quantitative estimate of drug-likeness (QED) is 0.286. The van der Waals surface area contributed by atoms with E-state index in [2.05, 4.69) is 34.6 Å². The smallest absolute Gasteiger partial charge is 0.190 e. The third kappa shape index (κ3) is 8.69. The molecule has 0 aliphatic rings. The number of aliphatic imine (C=N–C) groups is 1. The van der Waals surface area contributed by atoms with Crippen LogP contribution < -0.4 is 10.6 Å². The second-order valence-corrected chi connectivity index (χ2v) is 6.93. The van der Waals surface area contributed by atoms with E-state index in [9.17, 15) is 4.39 Å². The first-order chi connectivity index (χ1) is 13.5. The van der Waals surface area contributed by atoms with Crippen molar-refractivity contribution < 1.29 is 9.13 Å². The van der Waals surface area contributed by atoms with Crippen LogP contribution in [0.15, 0.2) is 41.5 Å². The first-order valence-electron chi connectivity index (χ1n) is 9.90. The Bertz CT molecular complexity index is 733. The molecule has 1 atom stereocenters. The Kier molecular flexibility index (Phi) is 11.8. The Morgan fingerprint density at radius 3 is 2.48 bits per heavy atom. The van der Waals surface area contributed by atoms with Crippen LogP contribution in [-0.4, -0.2) is 48.6 Å². The van der Waals surface area contributed by atoms with Crippen LogP contribution in [0.1, 0.15) is 32.9 Å². The first kappa shape index (κ1) is 25.4. The Hall–Kier alpha value is -1.68. The Balaban J connectivity index is 0.00000420. The summed E-state index contributed by atoms with van der Waals surface area (Å²) in [6, 6.07) is 8.26. The molecule has 0 spiro atoms. The number of rotatable bonds is 10. The molecule has 1 heterocycles. The largest absolute Gasteiger partial charge is 0.378 e. The second-order valence-electron chi connectivity index (χ2n) is 6.93. The van der Waals surface area contributed by atoms with Crippen LogP contribution in [0.2, 0.25) is 0 Å². The Labute approximate surface area is 190 Å². The van der Waals surface area contributed by atoms with Gasteiger partial charge in [0.1, 0.15) is 5.82 Å². The normalized spacial score (nSPS) is 12.6. The van der Waals surface area contributed by atoms with Crippen LogP contribution in [0, 0.1) is 11.7 Å². The number of nitrogens with zero attached hydrogens (tertiary/aromatic N) is 3. The monoisotopic (exact) mass is 517 g/mol. The maximum atomic E-state index is 13.0. The lowest BCUT2D eigenvalue weighted by Gasteiger charge is -2.21. The van der Waals surface area contributed by atoms with Gasteiger partial charge in [-0.25, -0.2) is 9.07 Å². The summed E-state index contributed by atoms with van der Waals surface area (Å²) < 4.78 is 20.6. The molecule has 0 fully saturated rings. The molecule has 0 amide bonds. The predicted molar refractivity (Wildman–Crippen MR) is 127 cm³/mol. The van der Waals surface area contributed by atoms with Gasteiger partial charge >= 0.3 is 0 Å². The highest BCUT2D eigenvalue weighted by atomic mass is 127. The molecular weight excluding hydrogens is 484 g/mol. The summed E-state index contributed by atoms with van der Waals surface area (Å²) in [5.41, 5.74) is 1.80. The van der Waals surface area contributed by atoms with Gasteiger partial charge in [-0.05, 0) is 49.6 Å². The molecule has 0 radical (unpaired) electrons. The maximum absolute atomic E-state index is 13.0. The van der Waals surface area contributed by atoms with Crippen LogP contribution in [0.5, 0.6) is 0 Å². The average Bonchev–Trinajstić information content (AvgIpc) is 3.15. The third-order valence-electron chi connectivity index (χ3n) is 4.48. The summed E-state index contributed by atoms with van der Waals surface area (Å²) >= 11 is 0. The van der Waals surface area contributed by atoms with Crippen LogP contribution in [0.25, 0.3) is 5.69 Å². The zero-order valence-corrected chi connectivity index (χ0v) is 20.0. The Morgan fingerprint density at radius 2 is 1.86 bits per heavy atom. The highest BCUT2D eigenvalue weighted by molar-refractivity contribution is 14.0. The molecule has 2 N–H and O–H groups in total. The molecule has 6 nitrogen and oxygen atoms in total. The van der Waals surface area contributed by atoms with Crippen molar-refractivity contribution in [1.82, 2.24) is 20.4 Å². The number of nitrogens with one attached hydrogen (secondary N) is 2. The fourth-order valence-corrected chi connectivity index (χ4v) is 2.92. The van der Waals surface area contributed by atoms with Crippen LogP contribution in [0.3, 0.4) is 0 Å². The second kappa shape index (κ2) is 13.5. The van der Waals surface area contributed by atoms with Crippen molar-refractivity contribution in [2.45, 2.75) is 39.7 Å².